The van der Waals surface area contributed by atoms with Crippen molar-refractivity contribution in [1.82, 2.24) is 15.4 Å². The number of hydrogen-bond donors (Lipinski definition) is 1. The molecule has 1 aliphatic rings. The maximum Gasteiger partial charge on any atom is 0.117 e. The average molecular weight is 211 g/mol. The Labute approximate surface area is 91.2 Å². The van der Waals surface area contributed by atoms with Crippen molar-refractivity contribution < 1.29 is 5.11 Å². The van der Waals surface area contributed by atoms with Crippen LogP contribution in [0, 0.1) is 0 Å². The van der Waals surface area contributed by atoms with E-state index in [9.17, 15) is 5.11 Å². The van der Waals surface area contributed by atoms with Crippen LogP contribution in [0.5, 0.6) is 5.75 Å². The quantitative estimate of drug-likeness (QED) is 0.772. The topological polar surface area (TPSA) is 72.5 Å². The van der Waals surface area contributed by atoms with E-state index in [1.54, 1.807) is 36.8 Å². The summed E-state index contributed by atoms with van der Waals surface area (Å²) < 4.78 is 0. The Kier molecular flexibility index (Phi) is 1.83. The van der Waals surface area contributed by atoms with Gasteiger partial charge in [-0.25, -0.2) is 4.98 Å². The van der Waals surface area contributed by atoms with Crippen molar-refractivity contribution in [3.63, 3.8) is 0 Å². The lowest BCUT2D eigenvalue weighted by Crippen LogP contribution is -1.92. The van der Waals surface area contributed by atoms with Gasteiger partial charge in [-0.1, -0.05) is 0 Å². The Morgan fingerprint density at radius 2 is 2.06 bits per heavy atom. The molecule has 77 valence electrons. The summed E-state index contributed by atoms with van der Waals surface area (Å²) in [6.45, 7) is 0. The van der Waals surface area contributed by atoms with Crippen molar-refractivity contribution in [2.24, 2.45) is 5.10 Å². The fourth-order valence-electron chi connectivity index (χ4n) is 1.50. The third kappa shape index (κ3) is 1.38. The molecule has 1 radical (unpaired) electrons. The van der Waals surface area contributed by atoms with Crippen LogP contribution in [-0.4, -0.2) is 21.3 Å². The zero-order chi connectivity index (χ0) is 11.0. The summed E-state index contributed by atoms with van der Waals surface area (Å²) in [5.41, 5.74) is 6.64. The Balaban J connectivity index is 2.18. The standard InChI is InChI=1S/C11H7N4O/c16-8-1-2-9-10(3-8)15-11(6-12-9)7-4-13-14-5-7/h1-6,16H. The second kappa shape index (κ2) is 3.30. The number of hydrogen-bond acceptors (Lipinski definition) is 4. The number of aromatic nitrogens is 2. The van der Waals surface area contributed by atoms with E-state index in [0.717, 1.165) is 11.1 Å². The van der Waals surface area contributed by atoms with Crippen LogP contribution in [0.25, 0.3) is 16.6 Å². The molecule has 16 heavy (non-hydrogen) atoms. The van der Waals surface area contributed by atoms with Crippen LogP contribution < -0.4 is 5.43 Å². The van der Waals surface area contributed by atoms with Gasteiger partial charge in [-0.3, -0.25) is 4.98 Å². The first-order chi connectivity index (χ1) is 7.83. The zero-order valence-corrected chi connectivity index (χ0v) is 8.20. The van der Waals surface area contributed by atoms with E-state index in [0.29, 0.717) is 11.2 Å². The minimum atomic E-state index is 0.178. The number of rotatable bonds is 1. The monoisotopic (exact) mass is 211 g/mol. The van der Waals surface area contributed by atoms with Gasteiger partial charge in [-0.05, 0) is 12.1 Å². The van der Waals surface area contributed by atoms with E-state index in [-0.39, 0.29) is 5.75 Å². The maximum absolute atomic E-state index is 9.36. The lowest BCUT2D eigenvalue weighted by atomic mass is 10.2. The lowest BCUT2D eigenvalue weighted by molar-refractivity contribution is 0.476. The third-order valence-corrected chi connectivity index (χ3v) is 2.28. The van der Waals surface area contributed by atoms with Gasteiger partial charge in [0.05, 0.1) is 35.3 Å². The molecule has 5 heteroatoms. The highest BCUT2D eigenvalue weighted by Crippen LogP contribution is 2.19. The van der Waals surface area contributed by atoms with Crippen molar-refractivity contribution in [2.45, 2.75) is 0 Å². The second-order valence-corrected chi connectivity index (χ2v) is 3.37. The molecule has 0 bridgehead atoms. The first-order valence-corrected chi connectivity index (χ1v) is 4.72. The van der Waals surface area contributed by atoms with Gasteiger partial charge in [-0.2, -0.15) is 10.5 Å². The van der Waals surface area contributed by atoms with E-state index in [4.69, 9.17) is 0 Å². The van der Waals surface area contributed by atoms with E-state index in [1.807, 2.05) is 0 Å². The molecule has 2 aromatic rings. The van der Waals surface area contributed by atoms with Crippen LogP contribution in [0.1, 0.15) is 5.69 Å². The SMILES string of the molecule is Oc1ccc2ncc(C3=C[N]N=C3)nc2c1. The zero-order valence-electron chi connectivity index (χ0n) is 8.20. The number of nitrogens with zero attached hydrogens (tertiary/aromatic N) is 4. The highest BCUT2D eigenvalue weighted by molar-refractivity contribution is 6.10. The molecule has 1 aliphatic heterocycles. The molecular formula is C11H7N4O. The van der Waals surface area contributed by atoms with E-state index in [1.165, 1.54) is 0 Å². The number of fused-ring (bicyclic) bond motifs is 1. The van der Waals surface area contributed by atoms with E-state index < -0.39 is 0 Å². The first-order valence-electron chi connectivity index (χ1n) is 4.72. The highest BCUT2D eigenvalue weighted by Gasteiger charge is 2.07. The predicted molar refractivity (Wildman–Crippen MR) is 59.8 cm³/mol. The van der Waals surface area contributed by atoms with Crippen LogP contribution in [0.2, 0.25) is 0 Å². The Hall–Kier alpha value is -2.43. The molecule has 0 saturated heterocycles. The molecule has 0 amide bonds. The van der Waals surface area contributed by atoms with Gasteiger partial charge in [-0.15, -0.1) is 0 Å². The maximum atomic E-state index is 9.36. The molecule has 2 heterocycles. The summed E-state index contributed by atoms with van der Waals surface area (Å²) in [6.07, 6.45) is 4.91. The Morgan fingerprint density at radius 3 is 2.88 bits per heavy atom. The van der Waals surface area contributed by atoms with Gasteiger partial charge in [0.25, 0.3) is 0 Å². The van der Waals surface area contributed by atoms with Crippen molar-refractivity contribution in [3.8, 4) is 5.75 Å². The summed E-state index contributed by atoms with van der Waals surface area (Å²) in [7, 11) is 0. The fraction of sp³-hybridized carbons (Fsp3) is 0. The molecular weight excluding hydrogens is 204 g/mol. The summed E-state index contributed by atoms with van der Waals surface area (Å²) >= 11 is 0. The largest absolute Gasteiger partial charge is 0.508 e. The van der Waals surface area contributed by atoms with Gasteiger partial charge in [0.15, 0.2) is 0 Å². The fourth-order valence-corrected chi connectivity index (χ4v) is 1.50. The van der Waals surface area contributed by atoms with Crippen LogP contribution in [0.4, 0.5) is 0 Å². The minimum Gasteiger partial charge on any atom is -0.508 e. The van der Waals surface area contributed by atoms with E-state index in [2.05, 4.69) is 20.5 Å². The Morgan fingerprint density at radius 1 is 1.12 bits per heavy atom. The second-order valence-electron chi connectivity index (χ2n) is 3.37. The highest BCUT2D eigenvalue weighted by atomic mass is 16.3. The average Bonchev–Trinajstić information content (AvgIpc) is 2.81. The van der Waals surface area contributed by atoms with Crippen LogP contribution in [-0.2, 0) is 0 Å². The lowest BCUT2D eigenvalue weighted by Gasteiger charge is -2.00. The summed E-state index contributed by atoms with van der Waals surface area (Å²) in [5.74, 6) is 0.178. The van der Waals surface area contributed by atoms with Crippen molar-refractivity contribution >= 4 is 22.8 Å². The Bertz CT molecular complexity index is 618. The molecule has 0 spiro atoms. The molecule has 0 saturated carbocycles. The molecule has 1 aromatic carbocycles. The molecule has 5 nitrogen and oxygen atoms in total. The van der Waals surface area contributed by atoms with Gasteiger partial charge < -0.3 is 5.11 Å². The van der Waals surface area contributed by atoms with Gasteiger partial charge >= 0.3 is 0 Å². The number of aromatic hydroxyl groups is 1. The van der Waals surface area contributed by atoms with Gasteiger partial charge in [0.2, 0.25) is 0 Å². The predicted octanol–water partition coefficient (Wildman–Crippen LogP) is 1.28. The molecule has 1 N–H and O–H groups in total. The third-order valence-electron chi connectivity index (χ3n) is 2.28. The molecule has 3 rings (SSSR count). The summed E-state index contributed by atoms with van der Waals surface area (Å²) in [4.78, 5) is 8.63. The number of benzene rings is 1. The van der Waals surface area contributed by atoms with Gasteiger partial charge in [0.1, 0.15) is 5.75 Å². The van der Waals surface area contributed by atoms with Crippen molar-refractivity contribution in [2.75, 3.05) is 0 Å². The van der Waals surface area contributed by atoms with Crippen molar-refractivity contribution in [1.29, 1.82) is 0 Å². The van der Waals surface area contributed by atoms with Crippen LogP contribution in [0.15, 0.2) is 35.7 Å². The molecule has 0 aliphatic carbocycles. The minimum absolute atomic E-state index is 0.178. The number of phenolic OH excluding ortho intramolecular Hbond substituents is 1. The van der Waals surface area contributed by atoms with E-state index >= 15 is 0 Å². The normalized spacial score (nSPS) is 13.9. The van der Waals surface area contributed by atoms with Crippen LogP contribution >= 0.6 is 0 Å². The summed E-state index contributed by atoms with van der Waals surface area (Å²) in [6, 6.07) is 4.89. The molecule has 0 fully saturated rings. The van der Waals surface area contributed by atoms with Gasteiger partial charge in [0, 0.05) is 11.6 Å². The first kappa shape index (κ1) is 8.84. The van der Waals surface area contributed by atoms with Crippen LogP contribution in [0.3, 0.4) is 0 Å². The smallest absolute Gasteiger partial charge is 0.117 e. The molecule has 0 unspecified atom stereocenters. The number of allylic oxidation sites excluding steroid dienone is 1. The summed E-state index contributed by atoms with van der Waals surface area (Å²) in [5, 5.41) is 13.1. The molecule has 0 atom stereocenters. The molecule has 1 aromatic heterocycles. The van der Waals surface area contributed by atoms with Crippen molar-refractivity contribution in [3.05, 3.63) is 36.3 Å². The number of phenols is 1.